The molecular weight excluding hydrogens is 254 g/mol. The van der Waals surface area contributed by atoms with Crippen molar-refractivity contribution in [1.29, 1.82) is 0 Å². The fraction of sp³-hybridized carbons (Fsp3) is 0.786. The Bertz CT molecular complexity index is 409. The fourth-order valence-corrected chi connectivity index (χ4v) is 2.45. The molecule has 0 saturated carbocycles. The zero-order valence-electron chi connectivity index (χ0n) is 12.3. The summed E-state index contributed by atoms with van der Waals surface area (Å²) in [4.78, 5) is 14.2. The summed E-state index contributed by atoms with van der Waals surface area (Å²) in [5, 5.41) is 11.4. The molecule has 0 spiro atoms. The summed E-state index contributed by atoms with van der Waals surface area (Å²) in [6.45, 7) is 5.90. The largest absolute Gasteiger partial charge is 0.341 e. The van der Waals surface area contributed by atoms with Crippen molar-refractivity contribution >= 4 is 5.91 Å². The van der Waals surface area contributed by atoms with Gasteiger partial charge in [0.25, 0.3) is 0 Å². The van der Waals surface area contributed by atoms with Crippen molar-refractivity contribution in [2.75, 3.05) is 19.6 Å². The normalized spacial score (nSPS) is 16.1. The second-order valence-electron chi connectivity index (χ2n) is 5.38. The Hall–Kier alpha value is -1.43. The molecule has 1 aromatic rings. The summed E-state index contributed by atoms with van der Waals surface area (Å²) >= 11 is 0. The predicted molar refractivity (Wildman–Crippen MR) is 77.1 cm³/mol. The molecular formula is C14H25N5O. The van der Waals surface area contributed by atoms with Crippen LogP contribution in [-0.2, 0) is 17.9 Å². The lowest BCUT2D eigenvalue weighted by Crippen LogP contribution is -2.34. The van der Waals surface area contributed by atoms with Gasteiger partial charge in [0, 0.05) is 19.6 Å². The molecule has 1 aliphatic rings. The van der Waals surface area contributed by atoms with Crippen LogP contribution < -0.4 is 5.32 Å². The van der Waals surface area contributed by atoms with Gasteiger partial charge in [0.05, 0.1) is 11.9 Å². The van der Waals surface area contributed by atoms with E-state index in [1.807, 2.05) is 11.1 Å². The molecule has 6 nitrogen and oxygen atoms in total. The number of nitrogens with one attached hydrogen (secondary N) is 1. The standard InChI is InChI=1S/C14H25N5O/c1-2-7-15-10-13-11-19(17-16-13)12-14(20)18-8-5-3-4-6-9-18/h11,15H,2-10,12H2,1H3. The lowest BCUT2D eigenvalue weighted by Gasteiger charge is -2.19. The van der Waals surface area contributed by atoms with E-state index in [2.05, 4.69) is 22.6 Å². The van der Waals surface area contributed by atoms with Crippen LogP contribution in [0.25, 0.3) is 0 Å². The van der Waals surface area contributed by atoms with Gasteiger partial charge in [-0.1, -0.05) is 25.0 Å². The van der Waals surface area contributed by atoms with Crippen LogP contribution >= 0.6 is 0 Å². The van der Waals surface area contributed by atoms with E-state index in [1.54, 1.807) is 4.68 Å². The zero-order valence-corrected chi connectivity index (χ0v) is 12.3. The summed E-state index contributed by atoms with van der Waals surface area (Å²) in [5.74, 6) is 0.157. The topological polar surface area (TPSA) is 63.1 Å². The monoisotopic (exact) mass is 279 g/mol. The lowest BCUT2D eigenvalue weighted by molar-refractivity contribution is -0.132. The van der Waals surface area contributed by atoms with Gasteiger partial charge in [-0.2, -0.15) is 0 Å². The Kier molecular flexibility index (Phi) is 5.98. The van der Waals surface area contributed by atoms with Gasteiger partial charge >= 0.3 is 0 Å². The first-order chi connectivity index (χ1) is 9.79. The lowest BCUT2D eigenvalue weighted by atomic mass is 10.2. The quantitative estimate of drug-likeness (QED) is 0.794. The van der Waals surface area contributed by atoms with E-state index in [0.29, 0.717) is 13.1 Å². The van der Waals surface area contributed by atoms with Crippen molar-refractivity contribution in [3.63, 3.8) is 0 Å². The average Bonchev–Trinajstić information content (AvgIpc) is 2.72. The molecule has 1 saturated heterocycles. The number of hydrogen-bond acceptors (Lipinski definition) is 4. The Morgan fingerprint density at radius 1 is 1.30 bits per heavy atom. The van der Waals surface area contributed by atoms with E-state index in [4.69, 9.17) is 0 Å². The van der Waals surface area contributed by atoms with Crippen molar-refractivity contribution in [1.82, 2.24) is 25.2 Å². The number of carbonyl (C=O) groups is 1. The molecule has 112 valence electrons. The van der Waals surface area contributed by atoms with Crippen LogP contribution in [-0.4, -0.2) is 45.4 Å². The SMILES string of the molecule is CCCNCc1cn(CC(=O)N2CCCCCC2)nn1. The maximum absolute atomic E-state index is 12.2. The molecule has 6 heteroatoms. The number of nitrogens with zero attached hydrogens (tertiary/aromatic N) is 4. The smallest absolute Gasteiger partial charge is 0.244 e. The highest BCUT2D eigenvalue weighted by atomic mass is 16.2. The molecule has 2 rings (SSSR count). The molecule has 1 aromatic heterocycles. The van der Waals surface area contributed by atoms with Crippen LogP contribution in [0.4, 0.5) is 0 Å². The van der Waals surface area contributed by atoms with Crippen LogP contribution in [0.3, 0.4) is 0 Å². The molecule has 0 aromatic carbocycles. The van der Waals surface area contributed by atoms with E-state index >= 15 is 0 Å². The van der Waals surface area contributed by atoms with E-state index in [0.717, 1.165) is 44.6 Å². The number of aromatic nitrogens is 3. The summed E-state index contributed by atoms with van der Waals surface area (Å²) < 4.78 is 1.65. The minimum Gasteiger partial charge on any atom is -0.341 e. The maximum atomic E-state index is 12.2. The zero-order chi connectivity index (χ0) is 14.2. The van der Waals surface area contributed by atoms with Gasteiger partial charge in [-0.25, -0.2) is 4.68 Å². The molecule has 0 atom stereocenters. The van der Waals surface area contributed by atoms with Crippen LogP contribution in [0.5, 0.6) is 0 Å². The summed E-state index contributed by atoms with van der Waals surface area (Å²) in [6, 6.07) is 0. The van der Waals surface area contributed by atoms with Gasteiger partial charge in [-0.15, -0.1) is 5.10 Å². The number of likely N-dealkylation sites (tertiary alicyclic amines) is 1. The molecule has 1 N–H and O–H groups in total. The van der Waals surface area contributed by atoms with E-state index in [9.17, 15) is 4.79 Å². The van der Waals surface area contributed by atoms with Crippen molar-refractivity contribution in [2.24, 2.45) is 0 Å². The first-order valence-electron chi connectivity index (χ1n) is 7.67. The average molecular weight is 279 g/mol. The maximum Gasteiger partial charge on any atom is 0.244 e. The van der Waals surface area contributed by atoms with Crippen molar-refractivity contribution in [3.05, 3.63) is 11.9 Å². The number of carbonyl (C=O) groups excluding carboxylic acids is 1. The Morgan fingerprint density at radius 2 is 2.05 bits per heavy atom. The van der Waals surface area contributed by atoms with Crippen LogP contribution in [0, 0.1) is 0 Å². The van der Waals surface area contributed by atoms with Gasteiger partial charge < -0.3 is 10.2 Å². The molecule has 2 heterocycles. The number of rotatable bonds is 6. The van der Waals surface area contributed by atoms with Crippen LogP contribution in [0.15, 0.2) is 6.20 Å². The second kappa shape index (κ2) is 7.99. The third kappa shape index (κ3) is 4.59. The number of hydrogen-bond donors (Lipinski definition) is 1. The van der Waals surface area contributed by atoms with Crippen molar-refractivity contribution in [3.8, 4) is 0 Å². The molecule has 0 aliphatic carbocycles. The summed E-state index contributed by atoms with van der Waals surface area (Å²) in [7, 11) is 0. The van der Waals surface area contributed by atoms with Crippen molar-refractivity contribution < 1.29 is 4.79 Å². The third-order valence-electron chi connectivity index (χ3n) is 3.58. The van der Waals surface area contributed by atoms with Gasteiger partial charge in [0.15, 0.2) is 0 Å². The fourth-order valence-electron chi connectivity index (χ4n) is 2.45. The molecule has 0 unspecified atom stereocenters. The highest BCUT2D eigenvalue weighted by molar-refractivity contribution is 5.75. The molecule has 1 amide bonds. The minimum atomic E-state index is 0.157. The Balaban J connectivity index is 1.81. The molecule has 20 heavy (non-hydrogen) atoms. The molecule has 1 aliphatic heterocycles. The molecule has 1 fully saturated rings. The second-order valence-corrected chi connectivity index (χ2v) is 5.38. The van der Waals surface area contributed by atoms with Gasteiger partial charge in [-0.05, 0) is 25.8 Å². The highest BCUT2D eigenvalue weighted by Gasteiger charge is 2.16. The summed E-state index contributed by atoms with van der Waals surface area (Å²) in [5.41, 5.74) is 0.891. The third-order valence-corrected chi connectivity index (χ3v) is 3.58. The predicted octanol–water partition coefficient (Wildman–Crippen LogP) is 1.18. The molecule has 0 bridgehead atoms. The first-order valence-corrected chi connectivity index (χ1v) is 7.67. The number of amides is 1. The van der Waals surface area contributed by atoms with Gasteiger partial charge in [-0.3, -0.25) is 4.79 Å². The molecule has 0 radical (unpaired) electrons. The minimum absolute atomic E-state index is 0.157. The summed E-state index contributed by atoms with van der Waals surface area (Å²) in [6.07, 6.45) is 7.67. The highest BCUT2D eigenvalue weighted by Crippen LogP contribution is 2.10. The van der Waals surface area contributed by atoms with Gasteiger partial charge in [0.2, 0.25) is 5.91 Å². The van der Waals surface area contributed by atoms with Gasteiger partial charge in [0.1, 0.15) is 6.54 Å². The first kappa shape index (κ1) is 15.0. The Labute approximate surface area is 120 Å². The van der Waals surface area contributed by atoms with E-state index in [-0.39, 0.29) is 5.91 Å². The van der Waals surface area contributed by atoms with Crippen LogP contribution in [0.1, 0.15) is 44.7 Å². The van der Waals surface area contributed by atoms with E-state index in [1.165, 1.54) is 12.8 Å². The Morgan fingerprint density at radius 3 is 2.75 bits per heavy atom. The van der Waals surface area contributed by atoms with E-state index < -0.39 is 0 Å². The van der Waals surface area contributed by atoms with Crippen LogP contribution in [0.2, 0.25) is 0 Å². The van der Waals surface area contributed by atoms with Crippen molar-refractivity contribution in [2.45, 2.75) is 52.1 Å².